The summed E-state index contributed by atoms with van der Waals surface area (Å²) in [5.74, 6) is -0.161. The first-order valence-electron chi connectivity index (χ1n) is 8.41. The first-order valence-corrected chi connectivity index (χ1v) is 9.89. The lowest BCUT2D eigenvalue weighted by atomic mass is 10.2. The largest absolute Gasteiger partial charge is 0.339 e. The zero-order chi connectivity index (χ0) is 18.3. The van der Waals surface area contributed by atoms with Crippen molar-refractivity contribution in [2.24, 2.45) is 0 Å². The summed E-state index contributed by atoms with van der Waals surface area (Å²) in [6, 6.07) is 15.9. The lowest BCUT2D eigenvalue weighted by Gasteiger charge is -2.19. The molecule has 6 heteroatoms. The number of nitrogens with one attached hydrogen (secondary N) is 1. The van der Waals surface area contributed by atoms with Crippen molar-refractivity contribution in [2.45, 2.75) is 25.2 Å². The molecule has 0 aromatic heterocycles. The number of sulfonamides is 1. The van der Waals surface area contributed by atoms with Crippen molar-refractivity contribution in [2.75, 3.05) is 19.6 Å². The second kappa shape index (κ2) is 8.78. The van der Waals surface area contributed by atoms with Crippen molar-refractivity contribution in [3.8, 4) is 0 Å². The molecule has 0 fully saturated rings. The Morgan fingerprint density at radius 1 is 1.00 bits per heavy atom. The molecule has 0 aliphatic heterocycles. The smallest absolute Gasteiger partial charge is 0.253 e. The van der Waals surface area contributed by atoms with Gasteiger partial charge in [0.25, 0.3) is 5.91 Å². The molecule has 0 aliphatic rings. The van der Waals surface area contributed by atoms with E-state index in [0.717, 1.165) is 5.56 Å². The summed E-state index contributed by atoms with van der Waals surface area (Å²) in [7, 11) is -3.65. The maximum Gasteiger partial charge on any atom is 0.253 e. The summed E-state index contributed by atoms with van der Waals surface area (Å²) in [6.07, 6.45) is 0.609. The van der Waals surface area contributed by atoms with Gasteiger partial charge < -0.3 is 4.90 Å². The molecule has 0 atom stereocenters. The van der Waals surface area contributed by atoms with E-state index in [1.54, 1.807) is 17.0 Å². The molecule has 134 valence electrons. The van der Waals surface area contributed by atoms with Crippen molar-refractivity contribution < 1.29 is 13.2 Å². The molecule has 2 aromatic carbocycles. The predicted molar refractivity (Wildman–Crippen MR) is 99.0 cm³/mol. The van der Waals surface area contributed by atoms with Crippen LogP contribution in [0.25, 0.3) is 0 Å². The van der Waals surface area contributed by atoms with Crippen molar-refractivity contribution in [1.29, 1.82) is 0 Å². The average Bonchev–Trinajstić information content (AvgIpc) is 2.63. The SMILES string of the molecule is CCN(CC)C(=O)c1cccc(S(=O)(=O)NCCc2ccccc2)c1. The maximum atomic E-state index is 12.5. The van der Waals surface area contributed by atoms with E-state index in [9.17, 15) is 13.2 Å². The summed E-state index contributed by atoms with van der Waals surface area (Å²) in [5.41, 5.74) is 1.45. The van der Waals surface area contributed by atoms with Gasteiger partial charge in [0.1, 0.15) is 0 Å². The van der Waals surface area contributed by atoms with Gasteiger partial charge in [0, 0.05) is 25.2 Å². The summed E-state index contributed by atoms with van der Waals surface area (Å²) >= 11 is 0. The van der Waals surface area contributed by atoms with Crippen molar-refractivity contribution in [1.82, 2.24) is 9.62 Å². The second-order valence-corrected chi connectivity index (χ2v) is 7.41. The van der Waals surface area contributed by atoms with Gasteiger partial charge in [0.05, 0.1) is 4.90 Å². The number of carbonyl (C=O) groups is 1. The van der Waals surface area contributed by atoms with E-state index in [2.05, 4.69) is 4.72 Å². The van der Waals surface area contributed by atoms with Crippen LogP contribution in [0.5, 0.6) is 0 Å². The van der Waals surface area contributed by atoms with Gasteiger partial charge in [-0.1, -0.05) is 36.4 Å². The zero-order valence-corrected chi connectivity index (χ0v) is 15.4. The quantitative estimate of drug-likeness (QED) is 0.787. The van der Waals surface area contributed by atoms with Crippen LogP contribution in [-0.4, -0.2) is 38.9 Å². The van der Waals surface area contributed by atoms with Crippen molar-refractivity contribution in [3.05, 3.63) is 65.7 Å². The molecule has 0 heterocycles. The normalized spacial score (nSPS) is 11.3. The number of nitrogens with zero attached hydrogens (tertiary/aromatic N) is 1. The van der Waals surface area contributed by atoms with Gasteiger partial charge >= 0.3 is 0 Å². The van der Waals surface area contributed by atoms with Gasteiger partial charge in [-0.2, -0.15) is 0 Å². The van der Waals surface area contributed by atoms with E-state index in [1.807, 2.05) is 44.2 Å². The van der Waals surface area contributed by atoms with Crippen molar-refractivity contribution in [3.63, 3.8) is 0 Å². The Morgan fingerprint density at radius 3 is 2.32 bits per heavy atom. The predicted octanol–water partition coefficient (Wildman–Crippen LogP) is 2.69. The second-order valence-electron chi connectivity index (χ2n) is 5.64. The monoisotopic (exact) mass is 360 g/mol. The Morgan fingerprint density at radius 2 is 1.68 bits per heavy atom. The van der Waals surface area contributed by atoms with Gasteiger partial charge in [0.2, 0.25) is 10.0 Å². The van der Waals surface area contributed by atoms with E-state index in [4.69, 9.17) is 0 Å². The minimum absolute atomic E-state index is 0.110. The molecule has 0 bridgehead atoms. The number of hydrogen-bond acceptors (Lipinski definition) is 3. The molecule has 5 nitrogen and oxygen atoms in total. The minimum atomic E-state index is -3.65. The van der Waals surface area contributed by atoms with Crippen LogP contribution in [0.4, 0.5) is 0 Å². The zero-order valence-electron chi connectivity index (χ0n) is 14.6. The van der Waals surface area contributed by atoms with Gasteiger partial charge in [-0.05, 0) is 44.0 Å². The summed E-state index contributed by atoms with van der Waals surface area (Å²) < 4.78 is 27.5. The number of benzene rings is 2. The topological polar surface area (TPSA) is 66.5 Å². The van der Waals surface area contributed by atoms with Crippen LogP contribution >= 0.6 is 0 Å². The van der Waals surface area contributed by atoms with E-state index in [-0.39, 0.29) is 10.8 Å². The molecule has 0 spiro atoms. The average molecular weight is 360 g/mol. The van der Waals surface area contributed by atoms with Crippen LogP contribution in [0.3, 0.4) is 0 Å². The third kappa shape index (κ3) is 5.14. The first-order chi connectivity index (χ1) is 12.0. The Bertz CT molecular complexity index is 800. The Hall–Kier alpha value is -2.18. The molecule has 2 rings (SSSR count). The maximum absolute atomic E-state index is 12.5. The van der Waals surface area contributed by atoms with Crippen LogP contribution in [0, 0.1) is 0 Å². The minimum Gasteiger partial charge on any atom is -0.339 e. The van der Waals surface area contributed by atoms with E-state index < -0.39 is 10.0 Å². The van der Waals surface area contributed by atoms with Crippen LogP contribution in [-0.2, 0) is 16.4 Å². The number of amides is 1. The molecule has 0 aliphatic carbocycles. The van der Waals surface area contributed by atoms with Crippen LogP contribution in [0.1, 0.15) is 29.8 Å². The van der Waals surface area contributed by atoms with E-state index in [0.29, 0.717) is 31.6 Å². The lowest BCUT2D eigenvalue weighted by molar-refractivity contribution is 0.0772. The molecule has 25 heavy (non-hydrogen) atoms. The molecule has 2 aromatic rings. The molecule has 1 N–H and O–H groups in total. The molecular weight excluding hydrogens is 336 g/mol. The van der Waals surface area contributed by atoms with Gasteiger partial charge in [0.15, 0.2) is 0 Å². The van der Waals surface area contributed by atoms with Gasteiger partial charge in [-0.3, -0.25) is 4.79 Å². The highest BCUT2D eigenvalue weighted by molar-refractivity contribution is 7.89. The molecular formula is C19H24N2O3S. The molecule has 0 unspecified atom stereocenters. The van der Waals surface area contributed by atoms with Crippen LogP contribution in [0.15, 0.2) is 59.5 Å². The highest BCUT2D eigenvalue weighted by atomic mass is 32.2. The highest BCUT2D eigenvalue weighted by Crippen LogP contribution is 2.13. The van der Waals surface area contributed by atoms with Gasteiger partial charge in [-0.15, -0.1) is 0 Å². The fraction of sp³-hybridized carbons (Fsp3) is 0.316. The van der Waals surface area contributed by atoms with Crippen LogP contribution in [0.2, 0.25) is 0 Å². The molecule has 0 saturated heterocycles. The number of hydrogen-bond donors (Lipinski definition) is 1. The first kappa shape index (κ1) is 19.1. The van der Waals surface area contributed by atoms with Gasteiger partial charge in [-0.25, -0.2) is 13.1 Å². The fourth-order valence-corrected chi connectivity index (χ4v) is 3.62. The number of carbonyl (C=O) groups excluding carboxylic acids is 1. The Balaban J connectivity index is 2.08. The summed E-state index contributed by atoms with van der Waals surface area (Å²) in [4.78, 5) is 14.2. The molecule has 0 radical (unpaired) electrons. The number of rotatable bonds is 8. The third-order valence-corrected chi connectivity index (χ3v) is 5.45. The molecule has 0 saturated carbocycles. The molecule has 1 amide bonds. The fourth-order valence-electron chi connectivity index (χ4n) is 2.55. The summed E-state index contributed by atoms with van der Waals surface area (Å²) in [5, 5.41) is 0. The standard InChI is InChI=1S/C19H24N2O3S/c1-3-21(4-2)19(22)17-11-8-12-18(15-17)25(23,24)20-14-13-16-9-6-5-7-10-16/h5-12,15,20H,3-4,13-14H2,1-2H3. The third-order valence-electron chi connectivity index (χ3n) is 3.99. The Kier molecular flexibility index (Phi) is 6.73. The van der Waals surface area contributed by atoms with Crippen LogP contribution < -0.4 is 4.72 Å². The highest BCUT2D eigenvalue weighted by Gasteiger charge is 2.18. The van der Waals surface area contributed by atoms with E-state index >= 15 is 0 Å². The summed E-state index contributed by atoms with van der Waals surface area (Å²) in [6.45, 7) is 5.27. The lowest BCUT2D eigenvalue weighted by Crippen LogP contribution is -2.31. The Labute approximate surface area is 149 Å². The van der Waals surface area contributed by atoms with E-state index in [1.165, 1.54) is 12.1 Å². The van der Waals surface area contributed by atoms with Crippen molar-refractivity contribution >= 4 is 15.9 Å².